The van der Waals surface area contributed by atoms with Crippen LogP contribution in [0.5, 0.6) is 5.75 Å². The molecule has 1 aromatic carbocycles. The maximum Gasteiger partial charge on any atom is 0.119 e. The van der Waals surface area contributed by atoms with Crippen LogP contribution in [0.25, 0.3) is 0 Å². The molecule has 96 valence electrons. The van der Waals surface area contributed by atoms with Crippen molar-refractivity contribution in [2.24, 2.45) is 5.73 Å². The highest BCUT2D eigenvalue weighted by Gasteiger charge is 2.07. The Morgan fingerprint density at radius 2 is 2.12 bits per heavy atom. The average molecular weight is 300 g/mol. The molecular formula is C14H22BrNO. The van der Waals surface area contributed by atoms with Gasteiger partial charge in [-0.15, -0.1) is 0 Å². The lowest BCUT2D eigenvalue weighted by molar-refractivity contribution is 0.309. The summed E-state index contributed by atoms with van der Waals surface area (Å²) < 4.78 is 6.81. The highest BCUT2D eigenvalue weighted by molar-refractivity contribution is 9.10. The van der Waals surface area contributed by atoms with Gasteiger partial charge in [0.05, 0.1) is 6.61 Å². The Hall–Kier alpha value is -0.540. The highest BCUT2D eigenvalue weighted by Crippen LogP contribution is 2.24. The normalized spacial score (nSPS) is 12.5. The summed E-state index contributed by atoms with van der Waals surface area (Å²) in [5, 5.41) is 0. The molecule has 1 atom stereocenters. The van der Waals surface area contributed by atoms with E-state index >= 15 is 0 Å². The molecule has 0 saturated heterocycles. The van der Waals surface area contributed by atoms with Gasteiger partial charge in [-0.05, 0) is 43.0 Å². The summed E-state index contributed by atoms with van der Waals surface area (Å²) in [6.45, 7) is 5.06. The molecule has 0 aliphatic heterocycles. The van der Waals surface area contributed by atoms with Crippen LogP contribution in [0.3, 0.4) is 0 Å². The molecule has 1 unspecified atom stereocenters. The van der Waals surface area contributed by atoms with Gasteiger partial charge >= 0.3 is 0 Å². The molecule has 0 spiro atoms. The van der Waals surface area contributed by atoms with Gasteiger partial charge in [0, 0.05) is 10.5 Å². The smallest absolute Gasteiger partial charge is 0.119 e. The molecule has 1 aromatic rings. The highest BCUT2D eigenvalue weighted by atomic mass is 79.9. The van der Waals surface area contributed by atoms with Gasteiger partial charge in [-0.2, -0.15) is 0 Å². The fourth-order valence-corrected chi connectivity index (χ4v) is 1.97. The van der Waals surface area contributed by atoms with Gasteiger partial charge in [0.1, 0.15) is 5.75 Å². The number of halogens is 1. The summed E-state index contributed by atoms with van der Waals surface area (Å²) in [7, 11) is 0. The molecule has 0 saturated carbocycles. The number of hydrogen-bond acceptors (Lipinski definition) is 2. The molecule has 17 heavy (non-hydrogen) atoms. The Labute approximate surface area is 113 Å². The summed E-state index contributed by atoms with van der Waals surface area (Å²) in [4.78, 5) is 0. The molecule has 1 rings (SSSR count). The molecule has 0 heterocycles. The molecule has 0 aliphatic carbocycles. The topological polar surface area (TPSA) is 35.2 Å². The van der Waals surface area contributed by atoms with Crippen molar-refractivity contribution in [3.63, 3.8) is 0 Å². The number of ether oxygens (including phenoxy) is 1. The molecule has 0 bridgehead atoms. The predicted molar refractivity (Wildman–Crippen MR) is 76.5 cm³/mol. The minimum Gasteiger partial charge on any atom is -0.494 e. The number of nitrogens with two attached hydrogens (primary N) is 1. The maximum absolute atomic E-state index is 5.98. The lowest BCUT2D eigenvalue weighted by atomic mass is 10.0. The molecule has 0 fully saturated rings. The minimum absolute atomic E-state index is 0.220. The van der Waals surface area contributed by atoms with Crippen molar-refractivity contribution in [1.82, 2.24) is 0 Å². The molecule has 0 radical (unpaired) electrons. The summed E-state index contributed by atoms with van der Waals surface area (Å²) in [5.74, 6) is 0.944. The van der Waals surface area contributed by atoms with E-state index in [0.717, 1.165) is 42.5 Å². The molecule has 0 amide bonds. The van der Waals surface area contributed by atoms with E-state index in [1.54, 1.807) is 0 Å². The zero-order valence-corrected chi connectivity index (χ0v) is 12.3. The third-order valence-electron chi connectivity index (χ3n) is 2.79. The van der Waals surface area contributed by atoms with Crippen LogP contribution in [0, 0.1) is 0 Å². The van der Waals surface area contributed by atoms with Crippen LogP contribution in [0.4, 0.5) is 0 Å². The van der Waals surface area contributed by atoms with Crippen LogP contribution in [0.15, 0.2) is 22.7 Å². The first-order valence-corrected chi connectivity index (χ1v) is 7.13. The molecule has 0 aliphatic rings. The number of rotatable bonds is 7. The van der Waals surface area contributed by atoms with Gasteiger partial charge < -0.3 is 10.5 Å². The Morgan fingerprint density at radius 1 is 1.35 bits per heavy atom. The predicted octanol–water partition coefficient (Wildman–Crippen LogP) is 3.91. The Bertz CT molecular complexity index is 341. The van der Waals surface area contributed by atoms with E-state index in [4.69, 9.17) is 10.5 Å². The Kier molecular flexibility index (Phi) is 6.60. The van der Waals surface area contributed by atoms with Gasteiger partial charge in [0.2, 0.25) is 0 Å². The van der Waals surface area contributed by atoms with Crippen molar-refractivity contribution in [3.8, 4) is 5.75 Å². The third kappa shape index (κ3) is 5.09. The first-order valence-electron chi connectivity index (χ1n) is 6.34. The zero-order valence-electron chi connectivity index (χ0n) is 10.7. The molecule has 2 nitrogen and oxygen atoms in total. The van der Waals surface area contributed by atoms with E-state index in [9.17, 15) is 0 Å². The van der Waals surface area contributed by atoms with Crippen molar-refractivity contribution in [2.45, 2.75) is 45.6 Å². The van der Waals surface area contributed by atoms with Crippen LogP contribution in [0.1, 0.15) is 38.7 Å². The van der Waals surface area contributed by atoms with Crippen molar-refractivity contribution < 1.29 is 4.74 Å². The van der Waals surface area contributed by atoms with Crippen LogP contribution < -0.4 is 10.5 Å². The van der Waals surface area contributed by atoms with E-state index in [-0.39, 0.29) is 6.04 Å². The molecular weight excluding hydrogens is 278 g/mol. The van der Waals surface area contributed by atoms with Crippen molar-refractivity contribution in [1.29, 1.82) is 0 Å². The quantitative estimate of drug-likeness (QED) is 0.775. The van der Waals surface area contributed by atoms with E-state index in [1.807, 2.05) is 12.1 Å². The second kappa shape index (κ2) is 7.72. The van der Waals surface area contributed by atoms with E-state index in [2.05, 4.69) is 35.8 Å². The fraction of sp³-hybridized carbons (Fsp3) is 0.571. The van der Waals surface area contributed by atoms with Gasteiger partial charge in [0.15, 0.2) is 0 Å². The summed E-state index contributed by atoms with van der Waals surface area (Å²) in [6.07, 6.45) is 4.14. The van der Waals surface area contributed by atoms with Gasteiger partial charge in [-0.3, -0.25) is 0 Å². The lowest BCUT2D eigenvalue weighted by Gasteiger charge is -2.12. The van der Waals surface area contributed by atoms with Gasteiger partial charge in [-0.25, -0.2) is 0 Å². The molecule has 2 N–H and O–H groups in total. The van der Waals surface area contributed by atoms with Crippen LogP contribution in [0.2, 0.25) is 0 Å². The molecule has 0 aromatic heterocycles. The second-order valence-electron chi connectivity index (χ2n) is 4.33. The van der Waals surface area contributed by atoms with Crippen LogP contribution >= 0.6 is 15.9 Å². The first-order chi connectivity index (χ1) is 8.17. The Morgan fingerprint density at radius 3 is 2.76 bits per heavy atom. The fourth-order valence-electron chi connectivity index (χ4n) is 1.56. The molecule has 3 heteroatoms. The average Bonchev–Trinajstić information content (AvgIpc) is 2.33. The number of hydrogen-bond donors (Lipinski definition) is 1. The first kappa shape index (κ1) is 14.5. The largest absolute Gasteiger partial charge is 0.494 e. The van der Waals surface area contributed by atoms with Crippen LogP contribution in [-0.4, -0.2) is 12.6 Å². The van der Waals surface area contributed by atoms with Gasteiger partial charge in [0.25, 0.3) is 0 Å². The summed E-state index contributed by atoms with van der Waals surface area (Å²) in [5.41, 5.74) is 7.21. The second-order valence-corrected chi connectivity index (χ2v) is 5.18. The summed E-state index contributed by atoms with van der Waals surface area (Å²) >= 11 is 3.56. The number of unbranched alkanes of at least 4 members (excludes halogenated alkanes) is 1. The monoisotopic (exact) mass is 299 g/mol. The SMILES string of the molecule is CCCCOc1ccc(Br)c(CC(N)CC)c1. The van der Waals surface area contributed by atoms with E-state index in [0.29, 0.717) is 0 Å². The van der Waals surface area contributed by atoms with Crippen molar-refractivity contribution >= 4 is 15.9 Å². The third-order valence-corrected chi connectivity index (χ3v) is 3.56. The lowest BCUT2D eigenvalue weighted by Crippen LogP contribution is -2.21. The number of benzene rings is 1. The van der Waals surface area contributed by atoms with E-state index in [1.165, 1.54) is 5.56 Å². The maximum atomic E-state index is 5.98. The Balaban J connectivity index is 2.65. The van der Waals surface area contributed by atoms with Crippen LogP contribution in [-0.2, 0) is 6.42 Å². The summed E-state index contributed by atoms with van der Waals surface area (Å²) in [6, 6.07) is 6.35. The van der Waals surface area contributed by atoms with Crippen molar-refractivity contribution in [2.75, 3.05) is 6.61 Å². The van der Waals surface area contributed by atoms with Crippen molar-refractivity contribution in [3.05, 3.63) is 28.2 Å². The van der Waals surface area contributed by atoms with Gasteiger partial charge in [-0.1, -0.05) is 36.2 Å². The van der Waals surface area contributed by atoms with E-state index < -0.39 is 0 Å². The minimum atomic E-state index is 0.220. The standard InChI is InChI=1S/C14H22BrNO/c1-3-5-8-17-13-6-7-14(15)11(10-13)9-12(16)4-2/h6-7,10,12H,3-5,8-9,16H2,1-2H3. The zero-order chi connectivity index (χ0) is 12.7.